The van der Waals surface area contributed by atoms with Crippen molar-refractivity contribution in [3.05, 3.63) is 63.8 Å². The Morgan fingerprint density at radius 3 is 2.31 bits per heavy atom. The number of hydrogen-bond donors (Lipinski definition) is 2. The van der Waals surface area contributed by atoms with Crippen LogP contribution in [0.15, 0.2) is 47.4 Å². The van der Waals surface area contributed by atoms with Gasteiger partial charge in [-0.1, -0.05) is 13.8 Å². The number of sulfonamides is 1. The molecule has 13 heteroatoms. The summed E-state index contributed by atoms with van der Waals surface area (Å²) in [6.45, 7) is 8.92. The van der Waals surface area contributed by atoms with Gasteiger partial charge < -0.3 is 14.8 Å². The molecule has 210 valence electrons. The molecule has 2 N–H and O–H groups in total. The van der Waals surface area contributed by atoms with Crippen molar-refractivity contribution >= 4 is 21.6 Å². The first kappa shape index (κ1) is 29.6. The molecule has 0 aliphatic rings. The number of nitrogens with zero attached hydrogens (tertiary/aromatic N) is 3. The first-order valence-electron chi connectivity index (χ1n) is 12.4. The van der Waals surface area contributed by atoms with Crippen molar-refractivity contribution in [1.29, 1.82) is 0 Å². The fourth-order valence-electron chi connectivity index (χ4n) is 3.53. The molecule has 2 aromatic carbocycles. The van der Waals surface area contributed by atoms with Gasteiger partial charge in [0.2, 0.25) is 15.9 Å². The summed E-state index contributed by atoms with van der Waals surface area (Å²) in [7, 11) is -2.68. The largest absolute Gasteiger partial charge is 0.497 e. The van der Waals surface area contributed by atoms with Gasteiger partial charge in [0, 0.05) is 29.8 Å². The zero-order chi connectivity index (χ0) is 28.9. The van der Waals surface area contributed by atoms with Crippen molar-refractivity contribution in [2.45, 2.75) is 64.4 Å². The molecule has 1 heterocycles. The van der Waals surface area contributed by atoms with Gasteiger partial charge in [0.05, 0.1) is 17.7 Å². The number of methoxy groups -OCH3 is 1. The van der Waals surface area contributed by atoms with E-state index >= 15 is 0 Å². The van der Waals surface area contributed by atoms with Crippen LogP contribution in [-0.4, -0.2) is 48.2 Å². The van der Waals surface area contributed by atoms with Crippen molar-refractivity contribution in [3.8, 4) is 23.1 Å². The molecule has 0 saturated heterocycles. The van der Waals surface area contributed by atoms with E-state index < -0.39 is 37.5 Å². The Morgan fingerprint density at radius 1 is 1.10 bits per heavy atom. The number of carbonyl (C=O) groups excluding carboxylic acids is 1. The number of non-ortho nitro benzene ring substituents is 1. The summed E-state index contributed by atoms with van der Waals surface area (Å²) in [6.07, 6.45) is 1.21. The van der Waals surface area contributed by atoms with Crippen LogP contribution < -0.4 is 19.5 Å². The number of rotatable bonds is 12. The maximum atomic E-state index is 13.3. The van der Waals surface area contributed by atoms with Gasteiger partial charge in [-0.3, -0.25) is 14.9 Å². The average molecular weight is 560 g/mol. The second-order valence-corrected chi connectivity index (χ2v) is 10.8. The highest BCUT2D eigenvalue weighted by Crippen LogP contribution is 2.36. The van der Waals surface area contributed by atoms with Gasteiger partial charge in [-0.05, 0) is 63.9 Å². The number of nitrogens with one attached hydrogen (secondary N) is 2. The molecule has 0 aliphatic carbocycles. The molecule has 3 rings (SSSR count). The number of nitro groups is 1. The van der Waals surface area contributed by atoms with E-state index in [2.05, 4.69) is 15.1 Å². The van der Waals surface area contributed by atoms with Crippen molar-refractivity contribution < 1.29 is 27.6 Å². The lowest BCUT2D eigenvalue weighted by Crippen LogP contribution is -2.32. The van der Waals surface area contributed by atoms with Crippen LogP contribution in [0, 0.1) is 17.0 Å². The van der Waals surface area contributed by atoms with E-state index in [1.54, 1.807) is 45.0 Å². The van der Waals surface area contributed by atoms with Crippen LogP contribution in [0.3, 0.4) is 0 Å². The summed E-state index contributed by atoms with van der Waals surface area (Å²) in [4.78, 5) is 23.4. The lowest BCUT2D eigenvalue weighted by molar-refractivity contribution is -0.385. The Kier molecular flexibility index (Phi) is 9.30. The van der Waals surface area contributed by atoms with Crippen molar-refractivity contribution in [1.82, 2.24) is 19.8 Å². The molecular formula is C26H33N5O7S. The van der Waals surface area contributed by atoms with Gasteiger partial charge in [0.1, 0.15) is 16.4 Å². The Bertz CT molecular complexity index is 1450. The van der Waals surface area contributed by atoms with Crippen molar-refractivity contribution in [2.75, 3.05) is 7.11 Å². The second kappa shape index (κ2) is 12.3. The molecule has 0 spiro atoms. The maximum absolute atomic E-state index is 13.3. The monoisotopic (exact) mass is 559 g/mol. The normalized spacial score (nSPS) is 13.0. The van der Waals surface area contributed by atoms with Crippen LogP contribution in [0.2, 0.25) is 0 Å². The number of carbonyl (C=O) groups is 1. The van der Waals surface area contributed by atoms with Crippen LogP contribution in [0.5, 0.6) is 17.4 Å². The molecule has 0 radical (unpaired) electrons. The second-order valence-electron chi connectivity index (χ2n) is 9.09. The van der Waals surface area contributed by atoms with Gasteiger partial charge in [-0.25, -0.2) is 13.1 Å². The third-order valence-corrected chi connectivity index (χ3v) is 7.80. The summed E-state index contributed by atoms with van der Waals surface area (Å²) in [5.74, 6) is 0.0833. The summed E-state index contributed by atoms with van der Waals surface area (Å²) in [6, 6.07) is 9.58. The smallest absolute Gasteiger partial charge is 0.272 e. The number of amides is 1. The molecule has 0 bridgehead atoms. The van der Waals surface area contributed by atoms with Crippen LogP contribution in [0.25, 0.3) is 5.69 Å². The molecule has 0 aliphatic heterocycles. The minimum atomic E-state index is -4.21. The van der Waals surface area contributed by atoms with E-state index in [0.717, 1.165) is 12.1 Å². The lowest BCUT2D eigenvalue weighted by Gasteiger charge is -2.16. The molecule has 39 heavy (non-hydrogen) atoms. The van der Waals surface area contributed by atoms with Crippen molar-refractivity contribution in [2.24, 2.45) is 0 Å². The first-order chi connectivity index (χ1) is 18.4. The van der Waals surface area contributed by atoms with Crippen LogP contribution in [0.4, 0.5) is 5.69 Å². The Labute approximate surface area is 227 Å². The fraction of sp³-hybridized carbons (Fsp3) is 0.385. The Hall–Kier alpha value is -3.97. The predicted octanol–water partition coefficient (Wildman–Crippen LogP) is 4.49. The minimum absolute atomic E-state index is 0.0725. The summed E-state index contributed by atoms with van der Waals surface area (Å²) < 4.78 is 41.7. The molecule has 1 aromatic heterocycles. The zero-order valence-electron chi connectivity index (χ0n) is 22.7. The topological polar surface area (TPSA) is 155 Å². The van der Waals surface area contributed by atoms with Crippen molar-refractivity contribution in [3.63, 3.8) is 0 Å². The van der Waals surface area contributed by atoms with E-state index in [9.17, 15) is 23.3 Å². The molecule has 1 amide bonds. The molecule has 3 aromatic rings. The first-order valence-corrected chi connectivity index (χ1v) is 13.9. The number of hydrogen-bond acceptors (Lipinski definition) is 8. The highest BCUT2D eigenvalue weighted by molar-refractivity contribution is 7.89. The predicted molar refractivity (Wildman–Crippen MR) is 145 cm³/mol. The summed E-state index contributed by atoms with van der Waals surface area (Å²) >= 11 is 0. The fourth-order valence-corrected chi connectivity index (χ4v) is 5.00. The van der Waals surface area contributed by atoms with E-state index in [0.29, 0.717) is 29.8 Å². The molecule has 0 fully saturated rings. The quantitative estimate of drug-likeness (QED) is 0.243. The molecule has 2 unspecified atom stereocenters. The standard InChI is InChI=1S/C26H33N5O7S/c1-7-16(3)27-25(32)24-18(5)26(30(28-24)19-9-12-21(37-6)13-10-19)38-22-14-11-20(31(33)34)15-23(22)39(35,36)29-17(4)8-2/h9-17,29H,7-8H2,1-6H3,(H,27,32). The highest BCUT2D eigenvalue weighted by atomic mass is 32.2. The van der Waals surface area contributed by atoms with E-state index in [1.165, 1.54) is 17.9 Å². The third-order valence-electron chi connectivity index (χ3n) is 6.19. The van der Waals surface area contributed by atoms with Gasteiger partial charge in [0.15, 0.2) is 5.69 Å². The SMILES string of the molecule is CCC(C)NC(=O)c1nn(-c2ccc(OC)cc2)c(Oc2ccc([N+](=O)[O-])cc2S(=O)(=O)NC(C)CC)c1C. The highest BCUT2D eigenvalue weighted by Gasteiger charge is 2.28. The summed E-state index contributed by atoms with van der Waals surface area (Å²) in [5.41, 5.74) is 0.537. The minimum Gasteiger partial charge on any atom is -0.497 e. The lowest BCUT2D eigenvalue weighted by atomic mass is 10.2. The Balaban J connectivity index is 2.20. The van der Waals surface area contributed by atoms with Crippen LogP contribution in [0.1, 0.15) is 56.6 Å². The zero-order valence-corrected chi connectivity index (χ0v) is 23.5. The Morgan fingerprint density at radius 2 is 1.74 bits per heavy atom. The van der Waals surface area contributed by atoms with Crippen LogP contribution >= 0.6 is 0 Å². The van der Waals surface area contributed by atoms with E-state index in [4.69, 9.17) is 9.47 Å². The average Bonchev–Trinajstić information content (AvgIpc) is 3.23. The third kappa shape index (κ3) is 6.73. The number of nitro benzene ring substituents is 1. The maximum Gasteiger partial charge on any atom is 0.272 e. The van der Waals surface area contributed by atoms with E-state index in [-0.39, 0.29) is 23.4 Å². The van der Waals surface area contributed by atoms with Gasteiger partial charge in [-0.15, -0.1) is 0 Å². The number of benzene rings is 2. The number of ether oxygens (including phenoxy) is 2. The summed E-state index contributed by atoms with van der Waals surface area (Å²) in [5, 5.41) is 18.8. The molecule has 2 atom stereocenters. The molecule has 0 saturated carbocycles. The molecule has 12 nitrogen and oxygen atoms in total. The number of aromatic nitrogens is 2. The van der Waals surface area contributed by atoms with Gasteiger partial charge in [0.25, 0.3) is 11.6 Å². The van der Waals surface area contributed by atoms with E-state index in [1.807, 2.05) is 13.8 Å². The molecular weight excluding hydrogens is 526 g/mol. The van der Waals surface area contributed by atoms with Gasteiger partial charge in [-0.2, -0.15) is 9.78 Å². The van der Waals surface area contributed by atoms with Crippen LogP contribution in [-0.2, 0) is 10.0 Å². The van der Waals surface area contributed by atoms with Gasteiger partial charge >= 0.3 is 0 Å².